The van der Waals surface area contributed by atoms with E-state index in [0.717, 1.165) is 30.2 Å². The molecule has 1 rings (SSSR count). The molecule has 0 heterocycles. The van der Waals surface area contributed by atoms with Gasteiger partial charge in [-0.1, -0.05) is 48.5 Å². The Kier molecular flexibility index (Phi) is 7.31. The number of aliphatic carboxylic acids is 1. The van der Waals surface area contributed by atoms with Gasteiger partial charge in [0.1, 0.15) is 5.25 Å². The highest BCUT2D eigenvalue weighted by Crippen LogP contribution is 2.19. The van der Waals surface area contributed by atoms with Crippen LogP contribution in [0.5, 0.6) is 0 Å². The molecule has 0 aromatic heterocycles. The number of carbonyl (C=O) groups is 1. The van der Waals surface area contributed by atoms with Gasteiger partial charge in [0.2, 0.25) is 0 Å². The van der Waals surface area contributed by atoms with Gasteiger partial charge < -0.3 is 5.11 Å². The predicted molar refractivity (Wildman–Crippen MR) is 80.7 cm³/mol. The molecular formula is C14H19BrO3S. The van der Waals surface area contributed by atoms with Gasteiger partial charge in [0.15, 0.2) is 0 Å². The molecule has 5 heteroatoms. The highest BCUT2D eigenvalue weighted by Gasteiger charge is 2.25. The molecule has 0 amide bonds. The topological polar surface area (TPSA) is 54.4 Å². The van der Waals surface area contributed by atoms with E-state index in [2.05, 4.69) is 22.9 Å². The Balaban J connectivity index is 2.67. The number of carboxylic acids is 1. The Labute approximate surface area is 125 Å². The van der Waals surface area contributed by atoms with Crippen LogP contribution in [0, 0.1) is 0 Å². The normalized spacial score (nSPS) is 14.0. The Bertz CT molecular complexity index is 431. The SMILES string of the molecule is CCCCCCC(C(=O)O)S(=O)c1ccc(Br)cc1. The summed E-state index contributed by atoms with van der Waals surface area (Å²) in [5.41, 5.74) is 0. The van der Waals surface area contributed by atoms with Gasteiger partial charge in [0.25, 0.3) is 0 Å². The van der Waals surface area contributed by atoms with E-state index in [1.807, 2.05) is 0 Å². The van der Waals surface area contributed by atoms with Crippen LogP contribution >= 0.6 is 15.9 Å². The summed E-state index contributed by atoms with van der Waals surface area (Å²) in [6.07, 6.45) is 4.48. The van der Waals surface area contributed by atoms with Gasteiger partial charge >= 0.3 is 5.97 Å². The van der Waals surface area contributed by atoms with Gasteiger partial charge in [-0.3, -0.25) is 9.00 Å². The third-order valence-electron chi connectivity index (χ3n) is 2.90. The Morgan fingerprint density at radius 2 is 1.89 bits per heavy atom. The molecule has 3 nitrogen and oxygen atoms in total. The molecule has 2 atom stereocenters. The lowest BCUT2D eigenvalue weighted by Gasteiger charge is -2.12. The van der Waals surface area contributed by atoms with Gasteiger partial charge in [-0.2, -0.15) is 0 Å². The molecule has 0 spiro atoms. The minimum absolute atomic E-state index is 0.470. The molecule has 0 bridgehead atoms. The van der Waals surface area contributed by atoms with Crippen molar-refractivity contribution in [2.45, 2.75) is 49.2 Å². The second-order valence-electron chi connectivity index (χ2n) is 4.43. The van der Waals surface area contributed by atoms with Crippen molar-refractivity contribution in [2.24, 2.45) is 0 Å². The fourth-order valence-corrected chi connectivity index (χ4v) is 3.37. The van der Waals surface area contributed by atoms with E-state index < -0.39 is 22.0 Å². The largest absolute Gasteiger partial charge is 0.480 e. The first kappa shape index (κ1) is 16.4. The molecule has 0 aliphatic heterocycles. The molecule has 0 saturated heterocycles. The molecule has 2 unspecified atom stereocenters. The number of halogens is 1. The van der Waals surface area contributed by atoms with Crippen LogP contribution in [0.1, 0.15) is 39.0 Å². The quantitative estimate of drug-likeness (QED) is 0.724. The molecule has 1 aromatic rings. The van der Waals surface area contributed by atoms with E-state index in [1.165, 1.54) is 0 Å². The van der Waals surface area contributed by atoms with E-state index in [9.17, 15) is 14.1 Å². The summed E-state index contributed by atoms with van der Waals surface area (Å²) >= 11 is 3.30. The van der Waals surface area contributed by atoms with E-state index in [1.54, 1.807) is 24.3 Å². The zero-order valence-electron chi connectivity index (χ0n) is 11.0. The van der Waals surface area contributed by atoms with Crippen molar-refractivity contribution in [1.29, 1.82) is 0 Å². The lowest BCUT2D eigenvalue weighted by atomic mass is 10.1. The molecule has 0 radical (unpaired) electrons. The first-order valence-corrected chi connectivity index (χ1v) is 8.45. The third kappa shape index (κ3) is 5.45. The highest BCUT2D eigenvalue weighted by atomic mass is 79.9. The Morgan fingerprint density at radius 1 is 1.26 bits per heavy atom. The fraction of sp³-hybridized carbons (Fsp3) is 0.500. The minimum atomic E-state index is -1.49. The van der Waals surface area contributed by atoms with E-state index >= 15 is 0 Å². The van der Waals surface area contributed by atoms with Crippen LogP contribution in [-0.2, 0) is 15.6 Å². The second-order valence-corrected chi connectivity index (χ2v) is 6.98. The van der Waals surface area contributed by atoms with Crippen molar-refractivity contribution < 1.29 is 14.1 Å². The zero-order chi connectivity index (χ0) is 14.3. The van der Waals surface area contributed by atoms with Crippen LogP contribution in [0.25, 0.3) is 0 Å². The first-order valence-electron chi connectivity index (χ1n) is 6.45. The summed E-state index contributed by atoms with van der Waals surface area (Å²) in [7, 11) is -1.49. The summed E-state index contributed by atoms with van der Waals surface area (Å²) < 4.78 is 13.2. The van der Waals surface area contributed by atoms with Crippen LogP contribution in [0.15, 0.2) is 33.6 Å². The lowest BCUT2D eigenvalue weighted by molar-refractivity contribution is -0.136. The van der Waals surface area contributed by atoms with Crippen LogP contribution < -0.4 is 0 Å². The number of hydrogen-bond donors (Lipinski definition) is 1. The van der Waals surface area contributed by atoms with Crippen molar-refractivity contribution in [2.75, 3.05) is 0 Å². The number of rotatable bonds is 8. The maximum Gasteiger partial charge on any atom is 0.319 e. The third-order valence-corrected chi connectivity index (χ3v) is 5.12. The Morgan fingerprint density at radius 3 is 2.42 bits per heavy atom. The maximum atomic E-state index is 12.3. The molecule has 1 N–H and O–H groups in total. The Hall–Kier alpha value is -0.680. The number of hydrogen-bond acceptors (Lipinski definition) is 2. The van der Waals surface area contributed by atoms with Crippen molar-refractivity contribution in [3.8, 4) is 0 Å². The number of unbranched alkanes of at least 4 members (excludes halogenated alkanes) is 3. The van der Waals surface area contributed by atoms with Crippen molar-refractivity contribution >= 4 is 32.7 Å². The lowest BCUT2D eigenvalue weighted by Crippen LogP contribution is -2.25. The average Bonchev–Trinajstić information content (AvgIpc) is 2.38. The second kappa shape index (κ2) is 8.48. The van der Waals surface area contributed by atoms with Gasteiger partial charge in [0.05, 0.1) is 10.8 Å². The van der Waals surface area contributed by atoms with Gasteiger partial charge in [-0.25, -0.2) is 0 Å². The molecular weight excluding hydrogens is 328 g/mol. The van der Waals surface area contributed by atoms with Crippen LogP contribution in [0.3, 0.4) is 0 Å². The van der Waals surface area contributed by atoms with Crippen LogP contribution in [0.4, 0.5) is 0 Å². The molecule has 0 aliphatic rings. The minimum Gasteiger partial charge on any atom is -0.480 e. The van der Waals surface area contributed by atoms with Crippen molar-refractivity contribution in [3.05, 3.63) is 28.7 Å². The van der Waals surface area contributed by atoms with E-state index in [0.29, 0.717) is 11.3 Å². The molecule has 0 aliphatic carbocycles. The van der Waals surface area contributed by atoms with Crippen LogP contribution in [-0.4, -0.2) is 20.5 Å². The maximum absolute atomic E-state index is 12.3. The van der Waals surface area contributed by atoms with Gasteiger partial charge in [0, 0.05) is 9.37 Å². The summed E-state index contributed by atoms with van der Waals surface area (Å²) in [4.78, 5) is 11.8. The standard InChI is InChI=1S/C14H19BrO3S/c1-2-3-4-5-6-13(14(16)17)19(18)12-9-7-11(15)8-10-12/h7-10,13H,2-6H2,1H3,(H,16,17). The highest BCUT2D eigenvalue weighted by molar-refractivity contribution is 9.10. The van der Waals surface area contributed by atoms with Crippen molar-refractivity contribution in [1.82, 2.24) is 0 Å². The summed E-state index contributed by atoms with van der Waals surface area (Å²) in [6, 6.07) is 6.98. The van der Waals surface area contributed by atoms with Crippen LogP contribution in [0.2, 0.25) is 0 Å². The number of carboxylic acid groups (broad SMARTS) is 1. The van der Waals surface area contributed by atoms with E-state index in [4.69, 9.17) is 0 Å². The average molecular weight is 347 g/mol. The molecule has 1 aromatic carbocycles. The number of benzene rings is 1. The fourth-order valence-electron chi connectivity index (χ4n) is 1.81. The molecule has 0 saturated carbocycles. The first-order chi connectivity index (χ1) is 9.06. The summed E-state index contributed by atoms with van der Waals surface area (Å²) in [6.45, 7) is 2.11. The van der Waals surface area contributed by atoms with Gasteiger partial charge in [-0.15, -0.1) is 0 Å². The van der Waals surface area contributed by atoms with Gasteiger partial charge in [-0.05, 0) is 30.7 Å². The monoisotopic (exact) mass is 346 g/mol. The summed E-state index contributed by atoms with van der Waals surface area (Å²) in [5, 5.41) is 8.41. The molecule has 106 valence electrons. The predicted octanol–water partition coefficient (Wildman–Crippen LogP) is 3.98. The smallest absolute Gasteiger partial charge is 0.319 e. The zero-order valence-corrected chi connectivity index (χ0v) is 13.4. The van der Waals surface area contributed by atoms with Crippen molar-refractivity contribution in [3.63, 3.8) is 0 Å². The van der Waals surface area contributed by atoms with E-state index in [-0.39, 0.29) is 0 Å². The molecule has 0 fully saturated rings. The molecule has 19 heavy (non-hydrogen) atoms. The summed E-state index contributed by atoms with van der Waals surface area (Å²) in [5.74, 6) is -0.974.